The Kier molecular flexibility index (Phi) is 7.04. The molecule has 1 amide bonds. The fourth-order valence-electron chi connectivity index (χ4n) is 1.36. The van der Waals surface area contributed by atoms with Gasteiger partial charge in [0.1, 0.15) is 24.4 Å². The second-order valence-corrected chi connectivity index (χ2v) is 4.26. The van der Waals surface area contributed by atoms with E-state index in [4.69, 9.17) is 10.2 Å². The van der Waals surface area contributed by atoms with Crippen LogP contribution in [0.25, 0.3) is 0 Å². The lowest BCUT2D eigenvalue weighted by Crippen LogP contribution is -2.50. The summed E-state index contributed by atoms with van der Waals surface area (Å²) in [5, 5.41) is 46.2. The molecule has 0 saturated heterocycles. The highest BCUT2D eigenvalue weighted by molar-refractivity contribution is 5.91. The lowest BCUT2D eigenvalue weighted by molar-refractivity contribution is -0.134. The second kappa shape index (κ2) is 7.45. The standard InChI is InChI=1S/C11H21NO6/c1-6(2)11(18)12(3)4-7(14)9(16)10(17)8(15)5-13/h7-10,13-17H,1,4-5H2,2-3H3/t7-,8+,9+,10+/m0/s1. The van der Waals surface area contributed by atoms with Gasteiger partial charge in [0.05, 0.1) is 6.61 Å². The molecule has 0 aromatic heterocycles. The molecule has 7 heteroatoms. The zero-order valence-electron chi connectivity index (χ0n) is 10.5. The van der Waals surface area contributed by atoms with Gasteiger partial charge in [0.2, 0.25) is 5.91 Å². The summed E-state index contributed by atoms with van der Waals surface area (Å²) in [4.78, 5) is 12.6. The number of nitrogens with zero attached hydrogens (tertiary/aromatic N) is 1. The van der Waals surface area contributed by atoms with E-state index < -0.39 is 36.9 Å². The Morgan fingerprint density at radius 2 is 1.61 bits per heavy atom. The monoisotopic (exact) mass is 263 g/mol. The van der Waals surface area contributed by atoms with Crippen LogP contribution in [0.2, 0.25) is 0 Å². The van der Waals surface area contributed by atoms with Crippen LogP contribution in [0.15, 0.2) is 12.2 Å². The third-order valence-corrected chi connectivity index (χ3v) is 2.50. The summed E-state index contributed by atoms with van der Waals surface area (Å²) in [7, 11) is 1.40. The normalized spacial score (nSPS) is 17.7. The van der Waals surface area contributed by atoms with Gasteiger partial charge in [-0.1, -0.05) is 6.58 Å². The molecule has 0 saturated carbocycles. The van der Waals surface area contributed by atoms with Gasteiger partial charge in [0.15, 0.2) is 0 Å². The number of carbonyl (C=O) groups is 1. The Morgan fingerprint density at radius 1 is 1.17 bits per heavy atom. The maximum atomic E-state index is 11.4. The number of likely N-dealkylation sites (N-methyl/N-ethyl adjacent to an activating group) is 1. The molecule has 18 heavy (non-hydrogen) atoms. The minimum Gasteiger partial charge on any atom is -0.394 e. The number of amides is 1. The number of aliphatic hydroxyl groups is 5. The lowest BCUT2D eigenvalue weighted by Gasteiger charge is -2.28. The molecular weight excluding hydrogens is 242 g/mol. The first-order valence-electron chi connectivity index (χ1n) is 5.46. The summed E-state index contributed by atoms with van der Waals surface area (Å²) in [5.41, 5.74) is 0.273. The summed E-state index contributed by atoms with van der Waals surface area (Å²) in [6.07, 6.45) is -6.38. The topological polar surface area (TPSA) is 121 Å². The van der Waals surface area contributed by atoms with E-state index in [1.54, 1.807) is 0 Å². The summed E-state index contributed by atoms with van der Waals surface area (Å²) in [5.74, 6) is -0.404. The molecule has 0 aliphatic rings. The third-order valence-electron chi connectivity index (χ3n) is 2.50. The number of hydrogen-bond acceptors (Lipinski definition) is 6. The second-order valence-electron chi connectivity index (χ2n) is 4.26. The highest BCUT2D eigenvalue weighted by atomic mass is 16.4. The maximum Gasteiger partial charge on any atom is 0.248 e. The van der Waals surface area contributed by atoms with E-state index in [1.165, 1.54) is 14.0 Å². The van der Waals surface area contributed by atoms with Gasteiger partial charge < -0.3 is 30.4 Å². The molecule has 5 N–H and O–H groups in total. The molecule has 0 aromatic carbocycles. The predicted molar refractivity (Wildman–Crippen MR) is 63.6 cm³/mol. The Balaban J connectivity index is 4.44. The van der Waals surface area contributed by atoms with E-state index in [1.807, 2.05) is 0 Å². The fourth-order valence-corrected chi connectivity index (χ4v) is 1.36. The van der Waals surface area contributed by atoms with Crippen molar-refractivity contribution in [2.24, 2.45) is 0 Å². The van der Waals surface area contributed by atoms with Crippen molar-refractivity contribution in [1.29, 1.82) is 0 Å². The predicted octanol–water partition coefficient (Wildman–Crippen LogP) is -2.54. The quantitative estimate of drug-likeness (QED) is 0.323. The largest absolute Gasteiger partial charge is 0.394 e. The Labute approximate surface area is 106 Å². The summed E-state index contributed by atoms with van der Waals surface area (Å²) >= 11 is 0. The average Bonchev–Trinajstić information content (AvgIpc) is 2.34. The first-order valence-corrected chi connectivity index (χ1v) is 5.46. The highest BCUT2D eigenvalue weighted by Crippen LogP contribution is 2.07. The molecule has 7 nitrogen and oxygen atoms in total. The van der Waals surface area contributed by atoms with Crippen molar-refractivity contribution in [2.75, 3.05) is 20.2 Å². The van der Waals surface area contributed by atoms with Crippen molar-refractivity contribution in [3.63, 3.8) is 0 Å². The Morgan fingerprint density at radius 3 is 2.00 bits per heavy atom. The summed E-state index contributed by atoms with van der Waals surface area (Å²) in [6, 6.07) is 0. The Hall–Kier alpha value is -0.990. The van der Waals surface area contributed by atoms with Crippen molar-refractivity contribution in [1.82, 2.24) is 4.90 Å². The van der Waals surface area contributed by atoms with Gasteiger partial charge in [0.25, 0.3) is 0 Å². The molecule has 0 rings (SSSR count). The van der Waals surface area contributed by atoms with Crippen molar-refractivity contribution >= 4 is 5.91 Å². The van der Waals surface area contributed by atoms with Gasteiger partial charge in [-0.05, 0) is 6.92 Å². The van der Waals surface area contributed by atoms with Crippen molar-refractivity contribution < 1.29 is 30.3 Å². The summed E-state index contributed by atoms with van der Waals surface area (Å²) in [6.45, 7) is 3.97. The smallest absolute Gasteiger partial charge is 0.248 e. The minimum absolute atomic E-state index is 0.234. The van der Waals surface area contributed by atoms with E-state index >= 15 is 0 Å². The van der Waals surface area contributed by atoms with Gasteiger partial charge in [-0.15, -0.1) is 0 Å². The van der Waals surface area contributed by atoms with E-state index in [2.05, 4.69) is 6.58 Å². The molecule has 0 spiro atoms. The van der Waals surface area contributed by atoms with Crippen LogP contribution >= 0.6 is 0 Å². The van der Waals surface area contributed by atoms with Crippen LogP contribution in [0.4, 0.5) is 0 Å². The van der Waals surface area contributed by atoms with Crippen LogP contribution in [0, 0.1) is 0 Å². The molecule has 4 atom stereocenters. The molecule has 0 aliphatic carbocycles. The van der Waals surface area contributed by atoms with Gasteiger partial charge in [0, 0.05) is 19.2 Å². The van der Waals surface area contributed by atoms with Crippen molar-refractivity contribution in [3.05, 3.63) is 12.2 Å². The first kappa shape index (κ1) is 17.0. The number of rotatable bonds is 7. The maximum absolute atomic E-state index is 11.4. The molecular formula is C11H21NO6. The van der Waals surface area contributed by atoms with E-state index in [0.29, 0.717) is 0 Å². The fraction of sp³-hybridized carbons (Fsp3) is 0.727. The molecule has 0 radical (unpaired) electrons. The van der Waals surface area contributed by atoms with Crippen LogP contribution in [0.1, 0.15) is 6.92 Å². The third kappa shape index (κ3) is 4.71. The van der Waals surface area contributed by atoms with Crippen LogP contribution in [-0.4, -0.2) is 81.0 Å². The van der Waals surface area contributed by atoms with Crippen molar-refractivity contribution in [2.45, 2.75) is 31.3 Å². The molecule has 106 valence electrons. The summed E-state index contributed by atoms with van der Waals surface area (Å²) < 4.78 is 0. The Bertz CT molecular complexity index is 295. The minimum atomic E-state index is -1.70. The van der Waals surface area contributed by atoms with Gasteiger partial charge in [-0.25, -0.2) is 0 Å². The highest BCUT2D eigenvalue weighted by Gasteiger charge is 2.31. The van der Waals surface area contributed by atoms with Crippen LogP contribution in [-0.2, 0) is 4.79 Å². The molecule has 0 bridgehead atoms. The molecule has 0 heterocycles. The lowest BCUT2D eigenvalue weighted by atomic mass is 10.0. The molecule has 0 fully saturated rings. The molecule has 0 aliphatic heterocycles. The zero-order valence-corrected chi connectivity index (χ0v) is 10.5. The first-order chi connectivity index (χ1) is 8.22. The van der Waals surface area contributed by atoms with Crippen LogP contribution in [0.5, 0.6) is 0 Å². The van der Waals surface area contributed by atoms with E-state index in [-0.39, 0.29) is 12.1 Å². The average molecular weight is 263 g/mol. The molecule has 0 aromatic rings. The molecule has 0 unspecified atom stereocenters. The number of hydrogen-bond donors (Lipinski definition) is 5. The van der Waals surface area contributed by atoms with Gasteiger partial charge in [-0.2, -0.15) is 0 Å². The van der Waals surface area contributed by atoms with E-state index in [0.717, 1.165) is 4.90 Å². The van der Waals surface area contributed by atoms with Crippen LogP contribution in [0.3, 0.4) is 0 Å². The number of carbonyl (C=O) groups excluding carboxylic acids is 1. The number of aliphatic hydroxyl groups excluding tert-OH is 5. The van der Waals surface area contributed by atoms with Crippen molar-refractivity contribution in [3.8, 4) is 0 Å². The zero-order chi connectivity index (χ0) is 14.5. The SMILES string of the molecule is C=C(C)C(=O)N(C)C[C@H](O)[C@@H](O)[C@H](O)[C@H](O)CO. The van der Waals surface area contributed by atoms with E-state index in [9.17, 15) is 20.1 Å². The van der Waals surface area contributed by atoms with Gasteiger partial charge >= 0.3 is 0 Å². The van der Waals surface area contributed by atoms with Gasteiger partial charge in [-0.3, -0.25) is 4.79 Å². The van der Waals surface area contributed by atoms with Crippen LogP contribution < -0.4 is 0 Å².